The number of alkyl halides is 3. The van der Waals surface area contributed by atoms with E-state index >= 15 is 0 Å². The first-order chi connectivity index (χ1) is 19.2. The van der Waals surface area contributed by atoms with E-state index in [9.17, 15) is 13.2 Å². The van der Waals surface area contributed by atoms with Gasteiger partial charge in [0.25, 0.3) is 0 Å². The fourth-order valence-corrected chi connectivity index (χ4v) is 5.21. The van der Waals surface area contributed by atoms with E-state index in [1.807, 2.05) is 36.4 Å². The summed E-state index contributed by atoms with van der Waals surface area (Å²) in [5, 5.41) is 14.2. The molecular weight excluding hydrogens is 537 g/mol. The Balaban J connectivity index is 1.23. The fraction of sp³-hybridized carbons (Fsp3) is 0.241. The van der Waals surface area contributed by atoms with Crippen molar-refractivity contribution in [2.75, 3.05) is 17.2 Å². The Bertz CT molecular complexity index is 1500. The number of aromatic nitrogens is 3. The van der Waals surface area contributed by atoms with Crippen molar-refractivity contribution in [1.82, 2.24) is 14.8 Å². The van der Waals surface area contributed by atoms with Crippen LogP contribution in [0.1, 0.15) is 37.4 Å². The van der Waals surface area contributed by atoms with Gasteiger partial charge in [0, 0.05) is 17.9 Å². The second-order valence-corrected chi connectivity index (χ2v) is 10.5. The number of amidine groups is 1. The molecule has 0 saturated carbocycles. The van der Waals surface area contributed by atoms with Gasteiger partial charge in [-0.2, -0.15) is 10.2 Å². The quantitative estimate of drug-likeness (QED) is 0.224. The summed E-state index contributed by atoms with van der Waals surface area (Å²) in [5.41, 5.74) is 5.20. The zero-order valence-electron chi connectivity index (χ0n) is 21.9. The summed E-state index contributed by atoms with van der Waals surface area (Å²) >= 11 is 1.68. The molecular formula is C29H27F3N6OS. The van der Waals surface area contributed by atoms with Crippen LogP contribution in [-0.2, 0) is 4.74 Å². The number of benzene rings is 2. The van der Waals surface area contributed by atoms with Gasteiger partial charge in [-0.25, -0.2) is 9.67 Å². The Morgan fingerprint density at radius 3 is 2.65 bits per heavy atom. The normalized spacial score (nSPS) is 18.4. The number of thioether (sulfide) groups is 1. The van der Waals surface area contributed by atoms with Crippen LogP contribution in [0.25, 0.3) is 17.5 Å². The molecule has 1 saturated heterocycles. The number of nitrogens with zero attached hydrogens (tertiary/aromatic N) is 6. The number of ether oxygens (including phenoxy) is 1. The van der Waals surface area contributed by atoms with Crippen LogP contribution in [0.2, 0.25) is 0 Å². The monoisotopic (exact) mass is 564 g/mol. The summed E-state index contributed by atoms with van der Waals surface area (Å²) in [6, 6.07) is 15.7. The number of anilines is 1. The molecule has 0 N–H and O–H groups in total. The summed E-state index contributed by atoms with van der Waals surface area (Å²) in [4.78, 5) is 6.56. The summed E-state index contributed by atoms with van der Waals surface area (Å²) < 4.78 is 42.8. The number of para-hydroxylation sites is 1. The SMILES string of the molecule is CC(C)=Cc1ccccc1N1CCS/C1=N\N=C\c1ccc(-c2ncn(C3C=CC(OC(F)(F)F)=CC3)n2)cc1. The van der Waals surface area contributed by atoms with E-state index in [2.05, 4.69) is 62.0 Å². The maximum Gasteiger partial charge on any atom is 0.573 e. The van der Waals surface area contributed by atoms with Crippen molar-refractivity contribution in [2.45, 2.75) is 32.7 Å². The minimum atomic E-state index is -4.71. The number of rotatable bonds is 7. The molecule has 2 aromatic carbocycles. The maximum atomic E-state index is 12.4. The fourth-order valence-electron chi connectivity index (χ4n) is 4.30. The predicted molar refractivity (Wildman–Crippen MR) is 154 cm³/mol. The van der Waals surface area contributed by atoms with Crippen molar-refractivity contribution < 1.29 is 17.9 Å². The molecule has 1 aliphatic heterocycles. The summed E-state index contributed by atoms with van der Waals surface area (Å²) in [5.74, 6) is 1.24. The van der Waals surface area contributed by atoms with Crippen molar-refractivity contribution in [3.05, 3.63) is 95.5 Å². The average molecular weight is 565 g/mol. The van der Waals surface area contributed by atoms with E-state index < -0.39 is 6.36 Å². The molecule has 40 heavy (non-hydrogen) atoms. The minimum Gasteiger partial charge on any atom is -0.406 e. The molecule has 0 spiro atoms. The summed E-state index contributed by atoms with van der Waals surface area (Å²) in [6.07, 6.45) is 5.37. The number of hydrogen-bond donors (Lipinski definition) is 0. The van der Waals surface area contributed by atoms with Gasteiger partial charge in [0.1, 0.15) is 12.1 Å². The molecule has 1 aromatic heterocycles. The minimum absolute atomic E-state index is 0.223. The molecule has 1 unspecified atom stereocenters. The van der Waals surface area contributed by atoms with Crippen molar-refractivity contribution in [3.8, 4) is 11.4 Å². The first kappa shape index (κ1) is 27.4. The van der Waals surface area contributed by atoms with Crippen LogP contribution in [0.4, 0.5) is 18.9 Å². The van der Waals surface area contributed by atoms with Crippen LogP contribution in [-0.4, -0.2) is 44.8 Å². The van der Waals surface area contributed by atoms with Gasteiger partial charge in [0.05, 0.1) is 17.9 Å². The highest BCUT2D eigenvalue weighted by Gasteiger charge is 2.32. The predicted octanol–water partition coefficient (Wildman–Crippen LogP) is 7.23. The second kappa shape index (κ2) is 12.0. The molecule has 7 nitrogen and oxygen atoms in total. The first-order valence-electron chi connectivity index (χ1n) is 12.7. The van der Waals surface area contributed by atoms with Crippen LogP contribution >= 0.6 is 11.8 Å². The molecule has 0 radical (unpaired) electrons. The molecule has 5 rings (SSSR count). The smallest absolute Gasteiger partial charge is 0.406 e. The van der Waals surface area contributed by atoms with E-state index in [-0.39, 0.29) is 11.8 Å². The van der Waals surface area contributed by atoms with Gasteiger partial charge in [0.15, 0.2) is 11.0 Å². The standard InChI is InChI=1S/C29H27F3N6OS/c1-20(2)17-23-5-3-4-6-26(23)37-15-16-40-28(37)35-34-18-21-7-9-22(10-8-21)27-33-19-38(36-27)24-11-13-25(14-12-24)39-29(30,31)32/h3-11,13-14,17-19,24H,12,15-16H2,1-2H3/b34-18+,35-28-. The highest BCUT2D eigenvalue weighted by Crippen LogP contribution is 2.30. The van der Waals surface area contributed by atoms with Crippen molar-refractivity contribution in [3.63, 3.8) is 0 Å². The van der Waals surface area contributed by atoms with Crippen molar-refractivity contribution in [1.29, 1.82) is 0 Å². The molecule has 2 aliphatic rings. The lowest BCUT2D eigenvalue weighted by Crippen LogP contribution is -2.24. The third-order valence-electron chi connectivity index (χ3n) is 6.09. The van der Waals surface area contributed by atoms with Gasteiger partial charge in [-0.3, -0.25) is 0 Å². The van der Waals surface area contributed by atoms with Crippen molar-refractivity contribution >= 4 is 34.9 Å². The average Bonchev–Trinajstić information content (AvgIpc) is 3.59. The van der Waals surface area contributed by atoms with Crippen LogP contribution in [0.3, 0.4) is 0 Å². The highest BCUT2D eigenvalue weighted by molar-refractivity contribution is 8.14. The molecule has 1 fully saturated rings. The third kappa shape index (κ3) is 6.90. The molecule has 1 atom stereocenters. The maximum absolute atomic E-state index is 12.4. The van der Waals surface area contributed by atoms with Gasteiger partial charge in [-0.1, -0.05) is 72.0 Å². The number of hydrogen-bond acceptors (Lipinski definition) is 6. The second-order valence-electron chi connectivity index (χ2n) is 9.39. The lowest BCUT2D eigenvalue weighted by atomic mass is 10.1. The molecule has 1 aliphatic carbocycles. The van der Waals surface area contributed by atoms with Gasteiger partial charge < -0.3 is 9.64 Å². The van der Waals surface area contributed by atoms with E-state index in [1.54, 1.807) is 35.1 Å². The van der Waals surface area contributed by atoms with Crippen LogP contribution in [0.5, 0.6) is 0 Å². The van der Waals surface area contributed by atoms with Gasteiger partial charge in [0.2, 0.25) is 0 Å². The topological polar surface area (TPSA) is 67.9 Å². The Kier molecular flexibility index (Phi) is 8.20. The van der Waals surface area contributed by atoms with E-state index in [4.69, 9.17) is 0 Å². The molecule has 3 aromatic rings. The van der Waals surface area contributed by atoms with Crippen LogP contribution in [0.15, 0.2) is 94.6 Å². The van der Waals surface area contributed by atoms with E-state index in [0.717, 1.165) is 39.8 Å². The lowest BCUT2D eigenvalue weighted by molar-refractivity contribution is -0.303. The molecule has 0 bridgehead atoms. The highest BCUT2D eigenvalue weighted by atomic mass is 32.2. The Morgan fingerprint density at radius 2 is 1.93 bits per heavy atom. The molecule has 11 heteroatoms. The molecule has 206 valence electrons. The number of allylic oxidation sites excluding steroid dienone is 4. The zero-order chi connectivity index (χ0) is 28.1. The van der Waals surface area contributed by atoms with Gasteiger partial charge in [-0.05, 0) is 49.6 Å². The first-order valence-corrected chi connectivity index (χ1v) is 13.6. The third-order valence-corrected chi connectivity index (χ3v) is 7.04. The lowest BCUT2D eigenvalue weighted by Gasteiger charge is -2.19. The molecule has 2 heterocycles. The van der Waals surface area contributed by atoms with E-state index in [0.29, 0.717) is 12.2 Å². The van der Waals surface area contributed by atoms with Gasteiger partial charge in [-0.15, -0.1) is 18.3 Å². The Hall–Kier alpha value is -4.12. The molecule has 0 amide bonds. The van der Waals surface area contributed by atoms with Crippen LogP contribution in [0, 0.1) is 0 Å². The Morgan fingerprint density at radius 1 is 1.12 bits per heavy atom. The van der Waals surface area contributed by atoms with Crippen LogP contribution < -0.4 is 4.90 Å². The largest absolute Gasteiger partial charge is 0.573 e. The summed E-state index contributed by atoms with van der Waals surface area (Å²) in [6.45, 7) is 5.04. The number of halogens is 3. The Labute approximate surface area is 234 Å². The summed E-state index contributed by atoms with van der Waals surface area (Å²) in [7, 11) is 0. The zero-order valence-corrected chi connectivity index (χ0v) is 22.7. The van der Waals surface area contributed by atoms with E-state index in [1.165, 1.54) is 17.7 Å². The van der Waals surface area contributed by atoms with Crippen molar-refractivity contribution in [2.24, 2.45) is 10.2 Å². The van der Waals surface area contributed by atoms with Gasteiger partial charge >= 0.3 is 6.36 Å².